The Morgan fingerprint density at radius 2 is 2.07 bits per heavy atom. The van der Waals surface area contributed by atoms with Gasteiger partial charge in [0, 0.05) is 12.2 Å². The van der Waals surface area contributed by atoms with E-state index in [0.717, 1.165) is 22.1 Å². The van der Waals surface area contributed by atoms with Crippen LogP contribution in [0, 0.1) is 11.6 Å². The van der Waals surface area contributed by atoms with Crippen LogP contribution in [-0.2, 0) is 11.4 Å². The zero-order valence-corrected chi connectivity index (χ0v) is 9.43. The van der Waals surface area contributed by atoms with E-state index in [1.165, 1.54) is 35.2 Å². The molecular formula is C10H9F2OS2+. The van der Waals surface area contributed by atoms with Crippen molar-refractivity contribution in [1.29, 1.82) is 0 Å². The Bertz CT molecular complexity index is 418. The third-order valence-electron chi connectivity index (χ3n) is 2.04. The predicted molar refractivity (Wildman–Crippen MR) is 61.4 cm³/mol. The average molecular weight is 247 g/mol. The van der Waals surface area contributed by atoms with E-state index >= 15 is 0 Å². The van der Waals surface area contributed by atoms with Gasteiger partial charge in [0.2, 0.25) is 5.82 Å². The van der Waals surface area contributed by atoms with E-state index in [9.17, 15) is 8.78 Å². The first-order chi connectivity index (χ1) is 7.20. The van der Waals surface area contributed by atoms with Gasteiger partial charge in [0.25, 0.3) is 4.20 Å². The molecule has 0 fully saturated rings. The minimum absolute atomic E-state index is 0.264. The maximum Gasteiger partial charge on any atom is 0.268 e. The van der Waals surface area contributed by atoms with Gasteiger partial charge in [0.1, 0.15) is 0 Å². The summed E-state index contributed by atoms with van der Waals surface area (Å²) in [6.07, 6.45) is 1.08. The van der Waals surface area contributed by atoms with Crippen LogP contribution >= 0.6 is 11.8 Å². The van der Waals surface area contributed by atoms with Crippen LogP contribution in [-0.4, -0.2) is 20.8 Å². The molecule has 1 N–H and O–H groups in total. The number of rotatable bonds is 1. The number of benzene rings is 1. The Kier molecular flexibility index (Phi) is 3.21. The lowest BCUT2D eigenvalue weighted by Crippen LogP contribution is -2.09. The molecule has 1 aliphatic rings. The second-order valence-electron chi connectivity index (χ2n) is 3.10. The molecule has 1 aromatic rings. The molecule has 2 rings (SSSR count). The zero-order chi connectivity index (χ0) is 10.8. The molecule has 0 bridgehead atoms. The van der Waals surface area contributed by atoms with Gasteiger partial charge < -0.3 is 5.11 Å². The molecule has 1 aliphatic heterocycles. The van der Waals surface area contributed by atoms with Gasteiger partial charge in [-0.05, 0) is 12.1 Å². The molecule has 15 heavy (non-hydrogen) atoms. The van der Waals surface area contributed by atoms with E-state index in [4.69, 9.17) is 5.11 Å². The molecule has 0 unspecified atom stereocenters. The molecule has 0 saturated carbocycles. The van der Waals surface area contributed by atoms with Crippen LogP contribution in [0.5, 0.6) is 5.75 Å². The van der Waals surface area contributed by atoms with Crippen LogP contribution in [0.3, 0.4) is 0 Å². The molecule has 80 valence electrons. The Morgan fingerprint density at radius 1 is 1.27 bits per heavy atom. The number of aromatic hydroxyl groups is 1. The van der Waals surface area contributed by atoms with E-state index in [0.29, 0.717) is 0 Å². The number of halogens is 2. The van der Waals surface area contributed by atoms with Gasteiger partial charge >= 0.3 is 0 Å². The number of hydrogen-bond donors (Lipinski definition) is 1. The summed E-state index contributed by atoms with van der Waals surface area (Å²) in [6, 6.07) is 2.62. The van der Waals surface area contributed by atoms with Crippen molar-refractivity contribution < 1.29 is 13.9 Å². The normalized spacial score (nSPS) is 16.3. The Labute approximate surface area is 94.5 Å². The highest BCUT2D eigenvalue weighted by Gasteiger charge is 2.25. The first-order valence-electron chi connectivity index (χ1n) is 4.50. The van der Waals surface area contributed by atoms with E-state index in [1.54, 1.807) is 0 Å². The average Bonchev–Trinajstić information content (AvgIpc) is 2.27. The smallest absolute Gasteiger partial charge is 0.268 e. The predicted octanol–water partition coefficient (Wildman–Crippen LogP) is 2.37. The van der Waals surface area contributed by atoms with Crippen LogP contribution in [0.15, 0.2) is 12.1 Å². The summed E-state index contributed by atoms with van der Waals surface area (Å²) in [5, 5.41) is 8.99. The summed E-state index contributed by atoms with van der Waals surface area (Å²) in [5.74, 6) is -0.879. The second kappa shape index (κ2) is 4.45. The second-order valence-corrected chi connectivity index (χ2v) is 5.57. The number of phenols is 1. The monoisotopic (exact) mass is 247 g/mol. The first-order valence-corrected chi connectivity index (χ1v) is 6.47. The fraction of sp³-hybridized carbons (Fsp3) is 0.300. The van der Waals surface area contributed by atoms with E-state index in [1.807, 2.05) is 0 Å². The molecular weight excluding hydrogens is 238 g/mol. The van der Waals surface area contributed by atoms with Crippen molar-refractivity contribution in [3.8, 4) is 5.75 Å². The van der Waals surface area contributed by atoms with Crippen molar-refractivity contribution in [2.24, 2.45) is 0 Å². The maximum absolute atomic E-state index is 13.5. The highest BCUT2D eigenvalue weighted by Crippen LogP contribution is 2.26. The van der Waals surface area contributed by atoms with E-state index in [2.05, 4.69) is 0 Å². The number of phenolic OH excluding ortho intramolecular Hbond substituents is 1. The topological polar surface area (TPSA) is 20.2 Å². The van der Waals surface area contributed by atoms with Crippen LogP contribution < -0.4 is 0 Å². The maximum atomic E-state index is 13.5. The molecule has 0 saturated heterocycles. The Hall–Kier alpha value is -0.680. The zero-order valence-electron chi connectivity index (χ0n) is 7.80. The van der Waals surface area contributed by atoms with Gasteiger partial charge in [-0.1, -0.05) is 11.8 Å². The van der Waals surface area contributed by atoms with Crippen LogP contribution in [0.1, 0.15) is 12.0 Å². The van der Waals surface area contributed by atoms with Gasteiger partial charge in [-0.2, -0.15) is 4.39 Å². The standard InChI is InChI=1S/C10H8F2OS2/c11-8-6(2-3-7(13)9(8)12)10-14-4-1-5-15-10/h2-3H,1,4-5H2/p+1. The Morgan fingerprint density at radius 3 is 2.73 bits per heavy atom. The summed E-state index contributed by atoms with van der Waals surface area (Å²) in [5.41, 5.74) is 0.264. The number of thioether (sulfide) groups is 1. The van der Waals surface area contributed by atoms with Crippen molar-refractivity contribution in [3.63, 3.8) is 0 Å². The fourth-order valence-corrected chi connectivity index (χ4v) is 3.87. The summed E-state index contributed by atoms with van der Waals surface area (Å²) in [6.45, 7) is 0. The third kappa shape index (κ3) is 2.13. The molecule has 0 aromatic heterocycles. The lowest BCUT2D eigenvalue weighted by atomic mass is 10.2. The lowest BCUT2D eigenvalue weighted by molar-refractivity contribution is 0.407. The van der Waals surface area contributed by atoms with Crippen molar-refractivity contribution >= 4 is 27.3 Å². The van der Waals surface area contributed by atoms with Gasteiger partial charge in [0.15, 0.2) is 28.7 Å². The molecule has 1 aromatic carbocycles. The lowest BCUT2D eigenvalue weighted by Gasteiger charge is -2.04. The van der Waals surface area contributed by atoms with Gasteiger partial charge in [-0.25, -0.2) is 4.39 Å². The SMILES string of the molecule is Oc1ccc(C2=[S+]CCCS2)c(F)c1F. The molecule has 1 nitrogen and oxygen atoms in total. The first kappa shape index (κ1) is 10.8. The van der Waals surface area contributed by atoms with Crippen LogP contribution in [0.25, 0.3) is 0 Å². The van der Waals surface area contributed by atoms with Crippen LogP contribution in [0.2, 0.25) is 0 Å². The molecule has 0 spiro atoms. The molecule has 1 heterocycles. The molecule has 0 atom stereocenters. The summed E-state index contributed by atoms with van der Waals surface area (Å²) in [4.78, 5) is 0. The number of hydrogen-bond acceptors (Lipinski definition) is 2. The molecule has 0 amide bonds. The largest absolute Gasteiger partial charge is 0.505 e. The summed E-state index contributed by atoms with van der Waals surface area (Å²) in [7, 11) is 0. The fourth-order valence-electron chi connectivity index (χ4n) is 1.28. The molecule has 0 aliphatic carbocycles. The summed E-state index contributed by atoms with van der Waals surface area (Å²) >= 11 is 3.07. The summed E-state index contributed by atoms with van der Waals surface area (Å²) < 4.78 is 27.4. The minimum atomic E-state index is -1.16. The highest BCUT2D eigenvalue weighted by atomic mass is 32.2. The van der Waals surface area contributed by atoms with Gasteiger partial charge in [-0.3, -0.25) is 0 Å². The minimum Gasteiger partial charge on any atom is -0.505 e. The van der Waals surface area contributed by atoms with Gasteiger partial charge in [0.05, 0.1) is 5.56 Å². The quantitative estimate of drug-likeness (QED) is 0.607. The van der Waals surface area contributed by atoms with Gasteiger partial charge in [-0.15, -0.1) is 0 Å². The van der Waals surface area contributed by atoms with E-state index < -0.39 is 17.4 Å². The van der Waals surface area contributed by atoms with Crippen molar-refractivity contribution in [3.05, 3.63) is 29.3 Å². The molecule has 0 radical (unpaired) electrons. The van der Waals surface area contributed by atoms with E-state index in [-0.39, 0.29) is 5.56 Å². The third-order valence-corrected chi connectivity index (χ3v) is 4.69. The molecule has 5 heteroatoms. The van der Waals surface area contributed by atoms with Crippen molar-refractivity contribution in [1.82, 2.24) is 0 Å². The Balaban J connectivity index is 2.44. The van der Waals surface area contributed by atoms with Crippen LogP contribution in [0.4, 0.5) is 8.78 Å². The van der Waals surface area contributed by atoms with Crippen molar-refractivity contribution in [2.75, 3.05) is 11.5 Å². The highest BCUT2D eigenvalue weighted by molar-refractivity contribution is 8.23. The van der Waals surface area contributed by atoms with Crippen molar-refractivity contribution in [2.45, 2.75) is 6.42 Å².